The zero-order chi connectivity index (χ0) is 11.6. The number of nitrogens with zero attached hydrogens (tertiary/aromatic N) is 2. The second-order valence-electron chi connectivity index (χ2n) is 2.89. The fraction of sp³-hybridized carbons (Fsp3) is 0.333. The van der Waals surface area contributed by atoms with Crippen molar-refractivity contribution in [2.24, 2.45) is 0 Å². The average Bonchev–Trinajstić information content (AvgIpc) is 2.15. The lowest BCUT2D eigenvalue weighted by Gasteiger charge is -2.12. The first-order valence-corrected chi connectivity index (χ1v) is 4.07. The molecule has 0 aliphatic heterocycles. The molecule has 0 aliphatic rings. The molecule has 0 bridgehead atoms. The number of nitriles is 1. The maximum absolute atomic E-state index is 12.5. The Balaban J connectivity index is 3.51. The Morgan fingerprint density at radius 3 is 2.47 bits per heavy atom. The smallest absolute Gasteiger partial charge is 0.372 e. The first kappa shape index (κ1) is 11.3. The second-order valence-corrected chi connectivity index (χ2v) is 2.89. The van der Waals surface area contributed by atoms with E-state index in [0.717, 1.165) is 6.07 Å². The summed E-state index contributed by atoms with van der Waals surface area (Å²) in [5.74, 6) is -0.0511. The topological polar surface area (TPSA) is 48.7 Å². The van der Waals surface area contributed by atoms with Gasteiger partial charge in [-0.1, -0.05) is 0 Å². The highest BCUT2D eigenvalue weighted by atomic mass is 19.4. The maximum Gasteiger partial charge on any atom is 0.417 e. The number of hydrogen-bond donors (Lipinski definition) is 1. The molecular weight excluding hydrogens is 207 g/mol. The number of nitrogens with one attached hydrogen (secondary N) is 1. The van der Waals surface area contributed by atoms with E-state index in [4.69, 9.17) is 5.26 Å². The molecule has 1 rings (SSSR count). The zero-order valence-corrected chi connectivity index (χ0v) is 8.11. The fourth-order valence-electron chi connectivity index (χ4n) is 1.19. The Morgan fingerprint density at radius 2 is 2.07 bits per heavy atom. The molecule has 0 aliphatic carbocycles. The van der Waals surface area contributed by atoms with E-state index in [1.807, 2.05) is 0 Å². The summed E-state index contributed by atoms with van der Waals surface area (Å²) in [7, 11) is 1.42. The Labute approximate surface area is 84.5 Å². The van der Waals surface area contributed by atoms with Gasteiger partial charge in [0.1, 0.15) is 17.5 Å². The molecule has 0 aromatic carbocycles. The van der Waals surface area contributed by atoms with Crippen LogP contribution in [0.3, 0.4) is 0 Å². The summed E-state index contributed by atoms with van der Waals surface area (Å²) < 4.78 is 37.6. The van der Waals surface area contributed by atoms with Crippen molar-refractivity contribution >= 4 is 5.82 Å². The van der Waals surface area contributed by atoms with E-state index in [2.05, 4.69) is 10.3 Å². The predicted octanol–water partition coefficient (Wildman–Crippen LogP) is 2.32. The summed E-state index contributed by atoms with van der Waals surface area (Å²) in [6, 6.07) is 2.36. The van der Waals surface area contributed by atoms with Gasteiger partial charge in [0.05, 0.1) is 5.56 Å². The number of hydrogen-bond acceptors (Lipinski definition) is 3. The maximum atomic E-state index is 12.5. The van der Waals surface area contributed by atoms with Gasteiger partial charge >= 0.3 is 6.18 Å². The Morgan fingerprint density at radius 1 is 1.47 bits per heavy atom. The van der Waals surface area contributed by atoms with Crippen LogP contribution in [-0.4, -0.2) is 12.0 Å². The quantitative estimate of drug-likeness (QED) is 0.782. The molecule has 80 valence electrons. The lowest BCUT2D eigenvalue weighted by Crippen LogP contribution is -2.11. The van der Waals surface area contributed by atoms with Gasteiger partial charge in [-0.2, -0.15) is 18.4 Å². The van der Waals surface area contributed by atoms with Gasteiger partial charge in [-0.3, -0.25) is 0 Å². The van der Waals surface area contributed by atoms with E-state index in [1.165, 1.54) is 20.0 Å². The third kappa shape index (κ3) is 2.18. The Hall–Kier alpha value is -1.77. The molecule has 0 saturated carbocycles. The van der Waals surface area contributed by atoms with Crippen molar-refractivity contribution in [3.05, 3.63) is 22.9 Å². The summed E-state index contributed by atoms with van der Waals surface area (Å²) in [6.45, 7) is 1.44. The van der Waals surface area contributed by atoms with Gasteiger partial charge in [0.15, 0.2) is 0 Å². The molecule has 1 N–H and O–H groups in total. The van der Waals surface area contributed by atoms with Crippen LogP contribution in [0.25, 0.3) is 0 Å². The van der Waals surface area contributed by atoms with Crippen LogP contribution in [0.2, 0.25) is 0 Å². The van der Waals surface area contributed by atoms with Gasteiger partial charge in [-0.15, -0.1) is 0 Å². The molecule has 6 heteroatoms. The van der Waals surface area contributed by atoms with Crippen LogP contribution >= 0.6 is 0 Å². The van der Waals surface area contributed by atoms with Crippen molar-refractivity contribution in [2.45, 2.75) is 13.1 Å². The summed E-state index contributed by atoms with van der Waals surface area (Å²) in [5, 5.41) is 11.1. The minimum atomic E-state index is -4.54. The van der Waals surface area contributed by atoms with Crippen LogP contribution in [0.15, 0.2) is 6.07 Å². The van der Waals surface area contributed by atoms with Gasteiger partial charge < -0.3 is 5.32 Å². The van der Waals surface area contributed by atoms with E-state index >= 15 is 0 Å². The largest absolute Gasteiger partial charge is 0.417 e. The predicted molar refractivity (Wildman–Crippen MR) is 48.2 cm³/mol. The summed E-state index contributed by atoms with van der Waals surface area (Å²) >= 11 is 0. The minimum absolute atomic E-state index is 0.0511. The van der Waals surface area contributed by atoms with Crippen LogP contribution in [0.4, 0.5) is 19.0 Å². The van der Waals surface area contributed by atoms with Crippen molar-refractivity contribution < 1.29 is 13.2 Å². The zero-order valence-electron chi connectivity index (χ0n) is 8.11. The summed E-state index contributed by atoms with van der Waals surface area (Å²) in [5.41, 5.74) is -1.22. The van der Waals surface area contributed by atoms with Gasteiger partial charge in [-0.05, 0) is 13.0 Å². The number of alkyl halides is 3. The number of aromatic nitrogens is 1. The van der Waals surface area contributed by atoms with Crippen molar-refractivity contribution in [3.63, 3.8) is 0 Å². The van der Waals surface area contributed by atoms with Crippen LogP contribution in [-0.2, 0) is 6.18 Å². The van der Waals surface area contributed by atoms with Crippen LogP contribution in [0, 0.1) is 18.3 Å². The van der Waals surface area contributed by atoms with Crippen LogP contribution in [0.1, 0.15) is 16.8 Å². The molecule has 0 fully saturated rings. The number of anilines is 1. The van der Waals surface area contributed by atoms with Crippen LogP contribution < -0.4 is 5.32 Å². The Kier molecular flexibility index (Phi) is 2.84. The lowest BCUT2D eigenvalue weighted by molar-refractivity contribution is -0.137. The fourth-order valence-corrected chi connectivity index (χ4v) is 1.19. The van der Waals surface area contributed by atoms with E-state index < -0.39 is 17.3 Å². The van der Waals surface area contributed by atoms with E-state index in [-0.39, 0.29) is 11.5 Å². The van der Waals surface area contributed by atoms with Gasteiger partial charge in [0.25, 0.3) is 0 Å². The van der Waals surface area contributed by atoms with E-state index in [0.29, 0.717) is 0 Å². The SMILES string of the molecule is CNc1nc(C)cc(C(F)(F)F)c1C#N. The third-order valence-corrected chi connectivity index (χ3v) is 1.80. The van der Waals surface area contributed by atoms with E-state index in [1.54, 1.807) is 0 Å². The molecule has 1 heterocycles. The molecule has 3 nitrogen and oxygen atoms in total. The summed E-state index contributed by atoms with van der Waals surface area (Å²) in [6.07, 6.45) is -4.54. The highest BCUT2D eigenvalue weighted by Gasteiger charge is 2.35. The highest BCUT2D eigenvalue weighted by molar-refractivity contribution is 5.57. The first-order valence-electron chi connectivity index (χ1n) is 4.07. The van der Waals surface area contributed by atoms with Gasteiger partial charge in [-0.25, -0.2) is 4.98 Å². The standard InChI is InChI=1S/C9H8F3N3/c1-5-3-7(9(10,11)12)6(4-13)8(14-2)15-5/h3H,1-2H3,(H,14,15). The normalized spacial score (nSPS) is 10.9. The molecule has 0 unspecified atom stereocenters. The first-order chi connectivity index (χ1) is 6.90. The van der Waals surface area contributed by atoms with Crippen molar-refractivity contribution in [1.82, 2.24) is 4.98 Å². The molecule has 0 atom stereocenters. The molecule has 0 saturated heterocycles. The molecule has 1 aromatic rings. The molecule has 1 aromatic heterocycles. The Bertz CT molecular complexity index is 418. The highest BCUT2D eigenvalue weighted by Crippen LogP contribution is 2.34. The van der Waals surface area contributed by atoms with Gasteiger partial charge in [0, 0.05) is 12.7 Å². The molecule has 0 radical (unpaired) electrons. The minimum Gasteiger partial charge on any atom is -0.372 e. The van der Waals surface area contributed by atoms with Crippen LogP contribution in [0.5, 0.6) is 0 Å². The van der Waals surface area contributed by atoms with Gasteiger partial charge in [0.2, 0.25) is 0 Å². The molecular formula is C9H8F3N3. The van der Waals surface area contributed by atoms with E-state index in [9.17, 15) is 13.2 Å². The number of halogens is 3. The van der Waals surface area contributed by atoms with Crippen molar-refractivity contribution in [3.8, 4) is 6.07 Å². The molecule has 15 heavy (non-hydrogen) atoms. The number of aryl methyl sites for hydroxylation is 1. The van der Waals surface area contributed by atoms with Crippen molar-refractivity contribution in [2.75, 3.05) is 12.4 Å². The average molecular weight is 215 g/mol. The number of pyridine rings is 1. The third-order valence-electron chi connectivity index (χ3n) is 1.80. The molecule has 0 amide bonds. The monoisotopic (exact) mass is 215 g/mol. The number of rotatable bonds is 1. The van der Waals surface area contributed by atoms with Crippen molar-refractivity contribution in [1.29, 1.82) is 5.26 Å². The summed E-state index contributed by atoms with van der Waals surface area (Å²) in [4.78, 5) is 3.80. The lowest BCUT2D eigenvalue weighted by atomic mass is 10.1. The molecule has 0 spiro atoms. The second kappa shape index (κ2) is 3.77.